The molecule has 0 heterocycles. The van der Waals surface area contributed by atoms with Crippen molar-refractivity contribution < 1.29 is 22.4 Å². The summed E-state index contributed by atoms with van der Waals surface area (Å²) in [5.74, 6) is -1.43. The third-order valence-electron chi connectivity index (χ3n) is 7.14. The summed E-state index contributed by atoms with van der Waals surface area (Å²) in [5.41, 5.74) is 1.93. The summed E-state index contributed by atoms with van der Waals surface area (Å²) in [7, 11) is -4.25. The minimum Gasteiger partial charge on any atom is -0.352 e. The van der Waals surface area contributed by atoms with Crippen molar-refractivity contribution in [1.29, 1.82) is 0 Å². The van der Waals surface area contributed by atoms with Crippen LogP contribution >= 0.6 is 11.6 Å². The second-order valence-electron chi connectivity index (χ2n) is 10.1. The first-order chi connectivity index (χ1) is 19.0. The second-order valence-corrected chi connectivity index (χ2v) is 12.4. The number of carbonyl (C=O) groups excluding carboxylic acids is 2. The van der Waals surface area contributed by atoms with E-state index >= 15 is 0 Å². The van der Waals surface area contributed by atoms with Crippen LogP contribution in [0.15, 0.2) is 77.7 Å². The number of sulfonamides is 1. The van der Waals surface area contributed by atoms with Crippen LogP contribution in [-0.4, -0.2) is 43.8 Å². The molecule has 7 nitrogen and oxygen atoms in total. The van der Waals surface area contributed by atoms with Gasteiger partial charge in [-0.2, -0.15) is 0 Å². The highest BCUT2D eigenvalue weighted by Crippen LogP contribution is 2.26. The molecule has 0 aliphatic heterocycles. The molecule has 0 saturated heterocycles. The largest absolute Gasteiger partial charge is 0.352 e. The van der Waals surface area contributed by atoms with E-state index in [2.05, 4.69) is 5.32 Å². The number of aryl methyl sites for hydroxylation is 1. The molecule has 2 amide bonds. The zero-order valence-electron chi connectivity index (χ0n) is 22.5. The molecule has 1 fully saturated rings. The molecule has 0 bridgehead atoms. The maximum Gasteiger partial charge on any atom is 0.264 e. The summed E-state index contributed by atoms with van der Waals surface area (Å²) >= 11 is 6.04. The van der Waals surface area contributed by atoms with Gasteiger partial charge in [-0.15, -0.1) is 0 Å². The summed E-state index contributed by atoms with van der Waals surface area (Å²) in [6.45, 7) is 3.03. The Labute approximate surface area is 240 Å². The molecule has 1 aliphatic carbocycles. The smallest absolute Gasteiger partial charge is 0.264 e. The Bertz CT molecular complexity index is 1430. The SMILES string of the molecule is Cc1ccc(N(CC(=O)N(Cc2ccc(Cl)cc2)[C@H](C)C(=O)NC2CCCC2)S(=O)(=O)c2ccc(F)cc2)cc1. The van der Waals surface area contributed by atoms with E-state index in [0.29, 0.717) is 5.02 Å². The Morgan fingerprint density at radius 1 is 0.975 bits per heavy atom. The fraction of sp³-hybridized carbons (Fsp3) is 0.333. The second kappa shape index (κ2) is 12.8. The molecule has 1 saturated carbocycles. The molecule has 1 atom stereocenters. The van der Waals surface area contributed by atoms with E-state index in [0.717, 1.165) is 53.2 Å². The number of benzene rings is 3. The highest BCUT2D eigenvalue weighted by Gasteiger charge is 2.33. The van der Waals surface area contributed by atoms with Gasteiger partial charge in [-0.05, 0) is 80.8 Å². The number of halogens is 2. The highest BCUT2D eigenvalue weighted by molar-refractivity contribution is 7.92. The van der Waals surface area contributed by atoms with Crippen LogP contribution < -0.4 is 9.62 Å². The van der Waals surface area contributed by atoms with Crippen LogP contribution in [0.25, 0.3) is 0 Å². The molecule has 0 spiro atoms. The Balaban J connectivity index is 1.67. The number of anilines is 1. The van der Waals surface area contributed by atoms with E-state index in [-0.39, 0.29) is 29.1 Å². The molecule has 212 valence electrons. The Kier molecular flexibility index (Phi) is 9.48. The molecule has 4 rings (SSSR count). The molecule has 40 heavy (non-hydrogen) atoms. The average molecular weight is 586 g/mol. The van der Waals surface area contributed by atoms with Gasteiger partial charge in [-0.25, -0.2) is 12.8 Å². The van der Waals surface area contributed by atoms with Crippen molar-refractivity contribution in [3.63, 3.8) is 0 Å². The van der Waals surface area contributed by atoms with Gasteiger partial charge in [0.25, 0.3) is 10.0 Å². The maximum absolute atomic E-state index is 13.9. The first kappa shape index (κ1) is 29.6. The van der Waals surface area contributed by atoms with Crippen molar-refractivity contribution in [1.82, 2.24) is 10.2 Å². The molecule has 3 aromatic carbocycles. The minimum absolute atomic E-state index is 0.0605. The molecule has 10 heteroatoms. The van der Waals surface area contributed by atoms with Crippen molar-refractivity contribution in [2.24, 2.45) is 0 Å². The first-order valence-electron chi connectivity index (χ1n) is 13.2. The lowest BCUT2D eigenvalue weighted by molar-refractivity contribution is -0.139. The van der Waals surface area contributed by atoms with Crippen LogP contribution in [0.4, 0.5) is 10.1 Å². The zero-order valence-corrected chi connectivity index (χ0v) is 24.1. The van der Waals surface area contributed by atoms with Gasteiger partial charge in [0.15, 0.2) is 0 Å². The minimum atomic E-state index is -4.25. The Morgan fingerprint density at radius 3 is 2.17 bits per heavy atom. The van der Waals surface area contributed by atoms with E-state index in [4.69, 9.17) is 11.6 Å². The molecule has 1 N–H and O–H groups in total. The average Bonchev–Trinajstić information content (AvgIpc) is 3.44. The van der Waals surface area contributed by atoms with Crippen LogP contribution in [0.3, 0.4) is 0 Å². The van der Waals surface area contributed by atoms with Gasteiger partial charge in [0.05, 0.1) is 10.6 Å². The topological polar surface area (TPSA) is 86.8 Å². The summed E-state index contributed by atoms with van der Waals surface area (Å²) in [5, 5.41) is 3.57. The van der Waals surface area contributed by atoms with Crippen molar-refractivity contribution >= 4 is 39.1 Å². The van der Waals surface area contributed by atoms with Crippen LogP contribution in [0.1, 0.15) is 43.7 Å². The molecule has 0 unspecified atom stereocenters. The zero-order chi connectivity index (χ0) is 28.9. The Morgan fingerprint density at radius 2 is 1.57 bits per heavy atom. The standard InChI is InChI=1S/C30H33ClFN3O4S/c1-21-7-15-27(16-8-21)35(40(38,39)28-17-13-25(32)14-18-28)20-29(36)34(19-23-9-11-24(31)12-10-23)22(2)30(37)33-26-5-3-4-6-26/h7-18,22,26H,3-6,19-20H2,1-2H3,(H,33,37)/t22-/m1/s1. The number of nitrogens with zero attached hydrogens (tertiary/aromatic N) is 2. The predicted octanol–water partition coefficient (Wildman–Crippen LogP) is 5.46. The number of hydrogen-bond acceptors (Lipinski definition) is 4. The van der Waals surface area contributed by atoms with Crippen molar-refractivity contribution in [3.8, 4) is 0 Å². The van der Waals surface area contributed by atoms with E-state index in [1.807, 2.05) is 6.92 Å². The maximum atomic E-state index is 13.9. The number of nitrogens with one attached hydrogen (secondary N) is 1. The summed E-state index contributed by atoms with van der Waals surface area (Å²) in [4.78, 5) is 28.4. The molecule has 0 radical (unpaired) electrons. The van der Waals surface area contributed by atoms with Crippen LogP contribution in [-0.2, 0) is 26.2 Å². The summed E-state index contributed by atoms with van der Waals surface area (Å²) < 4.78 is 42.1. The predicted molar refractivity (Wildman–Crippen MR) is 154 cm³/mol. The van der Waals surface area contributed by atoms with Gasteiger partial charge in [0.2, 0.25) is 11.8 Å². The van der Waals surface area contributed by atoms with Crippen LogP contribution in [0.2, 0.25) is 5.02 Å². The molecule has 0 aromatic heterocycles. The van der Waals surface area contributed by atoms with E-state index < -0.39 is 34.3 Å². The highest BCUT2D eigenvalue weighted by atomic mass is 35.5. The summed E-state index contributed by atoms with van der Waals surface area (Å²) in [6, 6.07) is 17.3. The van der Waals surface area contributed by atoms with Crippen molar-refractivity contribution in [3.05, 3.63) is 94.8 Å². The first-order valence-corrected chi connectivity index (χ1v) is 15.1. The van der Waals surface area contributed by atoms with E-state index in [1.165, 1.54) is 17.0 Å². The van der Waals surface area contributed by atoms with Gasteiger partial charge < -0.3 is 10.2 Å². The van der Waals surface area contributed by atoms with Gasteiger partial charge in [-0.1, -0.05) is 54.3 Å². The van der Waals surface area contributed by atoms with E-state index in [9.17, 15) is 22.4 Å². The Hall–Kier alpha value is -3.43. The fourth-order valence-electron chi connectivity index (χ4n) is 4.73. The van der Waals surface area contributed by atoms with Gasteiger partial charge in [-0.3, -0.25) is 13.9 Å². The van der Waals surface area contributed by atoms with Gasteiger partial charge in [0, 0.05) is 17.6 Å². The lowest BCUT2D eigenvalue weighted by Gasteiger charge is -2.32. The van der Waals surface area contributed by atoms with Crippen molar-refractivity contribution in [2.45, 2.75) is 63.1 Å². The lowest BCUT2D eigenvalue weighted by Crippen LogP contribution is -2.52. The van der Waals surface area contributed by atoms with Gasteiger partial charge >= 0.3 is 0 Å². The monoisotopic (exact) mass is 585 g/mol. The molecular weight excluding hydrogens is 553 g/mol. The molecule has 3 aromatic rings. The third kappa shape index (κ3) is 7.20. The lowest BCUT2D eigenvalue weighted by atomic mass is 10.1. The van der Waals surface area contributed by atoms with Crippen molar-refractivity contribution in [2.75, 3.05) is 10.8 Å². The number of amides is 2. The fourth-order valence-corrected chi connectivity index (χ4v) is 6.27. The quantitative estimate of drug-likeness (QED) is 0.342. The molecule has 1 aliphatic rings. The summed E-state index contributed by atoms with van der Waals surface area (Å²) in [6.07, 6.45) is 3.86. The van der Waals surface area contributed by atoms with Gasteiger partial charge in [0.1, 0.15) is 18.4 Å². The van der Waals surface area contributed by atoms with Crippen LogP contribution in [0.5, 0.6) is 0 Å². The third-order valence-corrected chi connectivity index (χ3v) is 9.18. The number of hydrogen-bond donors (Lipinski definition) is 1. The van der Waals surface area contributed by atoms with E-state index in [1.54, 1.807) is 55.5 Å². The normalized spacial score (nSPS) is 14.5. The molecular formula is C30H33ClFN3O4S. The number of carbonyl (C=O) groups is 2. The van der Waals surface area contributed by atoms with Crippen LogP contribution in [0, 0.1) is 12.7 Å². The number of rotatable bonds is 10.